The molecule has 1 aliphatic heterocycles. The van der Waals surface area contributed by atoms with E-state index in [9.17, 15) is 4.79 Å². The van der Waals surface area contributed by atoms with Crippen LogP contribution in [-0.4, -0.2) is 45.4 Å². The fourth-order valence-electron chi connectivity index (χ4n) is 2.90. The Morgan fingerprint density at radius 2 is 2.20 bits per heavy atom. The van der Waals surface area contributed by atoms with Crippen LogP contribution in [0.25, 0.3) is 0 Å². The molecule has 0 saturated carbocycles. The molecular weight excluding hydrogens is 254 g/mol. The maximum Gasteiger partial charge on any atom is 0.307 e. The molecule has 20 heavy (non-hydrogen) atoms. The van der Waals surface area contributed by atoms with Crippen LogP contribution in [0.15, 0.2) is 6.07 Å². The molecule has 2 rings (SSSR count). The quantitative estimate of drug-likeness (QED) is 0.898. The average Bonchev–Trinajstić information content (AvgIpc) is 2.95. The number of aryl methyl sites for hydroxylation is 1. The molecule has 1 saturated heterocycles. The van der Waals surface area contributed by atoms with E-state index in [1.165, 1.54) is 5.69 Å². The van der Waals surface area contributed by atoms with Gasteiger partial charge in [0, 0.05) is 25.3 Å². The molecule has 2 atom stereocenters. The first-order chi connectivity index (χ1) is 9.38. The lowest BCUT2D eigenvalue weighted by molar-refractivity contribution is -0.141. The first-order valence-electron chi connectivity index (χ1n) is 7.39. The van der Waals surface area contributed by atoms with Crippen LogP contribution in [0, 0.1) is 12.8 Å². The van der Waals surface area contributed by atoms with E-state index in [0.717, 1.165) is 25.2 Å². The number of carboxylic acid groups (broad SMARTS) is 1. The average molecular weight is 279 g/mol. The summed E-state index contributed by atoms with van der Waals surface area (Å²) in [6, 6.07) is 2.54. The number of aromatic nitrogens is 2. The van der Waals surface area contributed by atoms with Crippen LogP contribution in [0.2, 0.25) is 0 Å². The van der Waals surface area contributed by atoms with Crippen molar-refractivity contribution in [3.63, 3.8) is 0 Å². The zero-order chi connectivity index (χ0) is 14.9. The van der Waals surface area contributed by atoms with Gasteiger partial charge in [0.1, 0.15) is 0 Å². The minimum absolute atomic E-state index is 0.308. The molecule has 1 aromatic rings. The minimum atomic E-state index is -0.716. The van der Waals surface area contributed by atoms with Crippen LogP contribution in [0.3, 0.4) is 0 Å². The van der Waals surface area contributed by atoms with Crippen molar-refractivity contribution in [2.24, 2.45) is 5.92 Å². The highest BCUT2D eigenvalue weighted by atomic mass is 16.4. The van der Waals surface area contributed by atoms with Gasteiger partial charge in [-0.2, -0.15) is 5.10 Å². The Morgan fingerprint density at radius 1 is 1.50 bits per heavy atom. The molecule has 0 amide bonds. The number of hydrogen-bond donors (Lipinski definition) is 1. The van der Waals surface area contributed by atoms with Gasteiger partial charge in [0.15, 0.2) is 0 Å². The van der Waals surface area contributed by atoms with Gasteiger partial charge in [-0.1, -0.05) is 20.8 Å². The van der Waals surface area contributed by atoms with Crippen molar-refractivity contribution in [1.29, 1.82) is 0 Å². The van der Waals surface area contributed by atoms with E-state index in [1.54, 1.807) is 6.92 Å². The number of aliphatic carboxylic acids is 1. The molecule has 0 aromatic carbocycles. The Kier molecular flexibility index (Phi) is 4.48. The van der Waals surface area contributed by atoms with Crippen LogP contribution in [0.1, 0.15) is 50.5 Å². The fraction of sp³-hybridized carbons (Fsp3) is 0.733. The minimum Gasteiger partial charge on any atom is -0.481 e. The van der Waals surface area contributed by atoms with Crippen LogP contribution in [-0.2, 0) is 4.79 Å². The van der Waals surface area contributed by atoms with Crippen molar-refractivity contribution in [3.8, 4) is 0 Å². The summed E-state index contributed by atoms with van der Waals surface area (Å²) in [5.74, 6) is -0.563. The number of carbonyl (C=O) groups is 1. The van der Waals surface area contributed by atoms with E-state index >= 15 is 0 Å². The van der Waals surface area contributed by atoms with Gasteiger partial charge in [-0.3, -0.25) is 9.48 Å². The maximum absolute atomic E-state index is 10.9. The summed E-state index contributed by atoms with van der Waals surface area (Å²) >= 11 is 0. The summed E-state index contributed by atoms with van der Waals surface area (Å²) in [6.07, 6.45) is 1.05. The van der Waals surface area contributed by atoms with Crippen molar-refractivity contribution in [2.45, 2.75) is 46.1 Å². The molecule has 1 fully saturated rings. The Hall–Kier alpha value is -1.36. The standard InChI is InChI=1S/C15H25N3O2/c1-10(2)14-7-12(4)16-18(14)13-5-6-17(9-13)8-11(3)15(19)20/h7,10-11,13H,5-6,8-9H2,1-4H3,(H,19,20). The maximum atomic E-state index is 10.9. The molecule has 5 nitrogen and oxygen atoms in total. The third kappa shape index (κ3) is 3.20. The van der Waals surface area contributed by atoms with Gasteiger partial charge in [0.25, 0.3) is 0 Å². The summed E-state index contributed by atoms with van der Waals surface area (Å²) < 4.78 is 2.16. The highest BCUT2D eigenvalue weighted by molar-refractivity contribution is 5.69. The topological polar surface area (TPSA) is 58.4 Å². The third-order valence-corrected chi connectivity index (χ3v) is 4.03. The summed E-state index contributed by atoms with van der Waals surface area (Å²) in [6.45, 7) is 10.7. The van der Waals surface area contributed by atoms with Crippen molar-refractivity contribution < 1.29 is 9.90 Å². The number of carboxylic acids is 1. The van der Waals surface area contributed by atoms with E-state index in [1.807, 2.05) is 6.92 Å². The zero-order valence-corrected chi connectivity index (χ0v) is 12.8. The molecule has 5 heteroatoms. The number of nitrogens with zero attached hydrogens (tertiary/aromatic N) is 3. The predicted octanol–water partition coefficient (Wildman–Crippen LogP) is 2.28. The molecule has 1 N–H and O–H groups in total. The first kappa shape index (κ1) is 15.0. The van der Waals surface area contributed by atoms with Crippen LogP contribution in [0.4, 0.5) is 0 Å². The molecule has 2 heterocycles. The second-order valence-corrected chi connectivity index (χ2v) is 6.25. The fourth-order valence-corrected chi connectivity index (χ4v) is 2.90. The van der Waals surface area contributed by atoms with Crippen LogP contribution in [0.5, 0.6) is 0 Å². The second kappa shape index (κ2) is 5.95. The lowest BCUT2D eigenvalue weighted by atomic mass is 10.1. The molecular formula is C15H25N3O2. The highest BCUT2D eigenvalue weighted by Gasteiger charge is 2.28. The molecule has 1 aliphatic rings. The molecule has 0 bridgehead atoms. The van der Waals surface area contributed by atoms with E-state index in [0.29, 0.717) is 18.5 Å². The lowest BCUT2D eigenvalue weighted by Crippen LogP contribution is -2.30. The Labute approximate surface area is 120 Å². The summed E-state index contributed by atoms with van der Waals surface area (Å²) in [5.41, 5.74) is 2.34. The molecule has 0 aliphatic carbocycles. The number of rotatable bonds is 5. The van der Waals surface area contributed by atoms with Gasteiger partial charge in [-0.25, -0.2) is 0 Å². The van der Waals surface area contributed by atoms with Crippen LogP contribution < -0.4 is 0 Å². The molecule has 112 valence electrons. The Balaban J connectivity index is 2.04. The van der Waals surface area contributed by atoms with E-state index < -0.39 is 5.97 Å². The first-order valence-corrected chi connectivity index (χ1v) is 7.39. The normalized spacial score (nSPS) is 21.6. The van der Waals surface area contributed by atoms with Gasteiger partial charge < -0.3 is 10.0 Å². The van der Waals surface area contributed by atoms with Crippen molar-refractivity contribution in [3.05, 3.63) is 17.5 Å². The zero-order valence-electron chi connectivity index (χ0n) is 12.8. The van der Waals surface area contributed by atoms with Gasteiger partial charge in [0.05, 0.1) is 17.7 Å². The summed E-state index contributed by atoms with van der Waals surface area (Å²) in [7, 11) is 0. The third-order valence-electron chi connectivity index (χ3n) is 4.03. The van der Waals surface area contributed by atoms with Crippen LogP contribution >= 0.6 is 0 Å². The lowest BCUT2D eigenvalue weighted by Gasteiger charge is -2.20. The Bertz CT molecular complexity index is 481. The highest BCUT2D eigenvalue weighted by Crippen LogP contribution is 2.27. The van der Waals surface area contributed by atoms with Crippen molar-refractivity contribution >= 4 is 5.97 Å². The largest absolute Gasteiger partial charge is 0.481 e. The van der Waals surface area contributed by atoms with Gasteiger partial charge in [0.2, 0.25) is 0 Å². The summed E-state index contributed by atoms with van der Waals surface area (Å²) in [5, 5.41) is 13.6. The van der Waals surface area contributed by atoms with E-state index in [2.05, 4.69) is 34.6 Å². The van der Waals surface area contributed by atoms with Gasteiger partial charge in [-0.15, -0.1) is 0 Å². The molecule has 0 radical (unpaired) electrons. The van der Waals surface area contributed by atoms with Gasteiger partial charge in [-0.05, 0) is 25.3 Å². The Morgan fingerprint density at radius 3 is 2.80 bits per heavy atom. The van der Waals surface area contributed by atoms with Gasteiger partial charge >= 0.3 is 5.97 Å². The van der Waals surface area contributed by atoms with Crippen molar-refractivity contribution in [1.82, 2.24) is 14.7 Å². The molecule has 0 spiro atoms. The van der Waals surface area contributed by atoms with E-state index in [4.69, 9.17) is 5.11 Å². The summed E-state index contributed by atoms with van der Waals surface area (Å²) in [4.78, 5) is 13.2. The van der Waals surface area contributed by atoms with Crippen molar-refractivity contribution in [2.75, 3.05) is 19.6 Å². The number of likely N-dealkylation sites (tertiary alicyclic amines) is 1. The SMILES string of the molecule is Cc1cc(C(C)C)n(C2CCN(CC(C)C(=O)O)C2)n1. The smallest absolute Gasteiger partial charge is 0.307 e. The molecule has 1 aromatic heterocycles. The predicted molar refractivity (Wildman–Crippen MR) is 77.9 cm³/mol. The second-order valence-electron chi connectivity index (χ2n) is 6.25. The molecule has 2 unspecified atom stereocenters. The van der Waals surface area contributed by atoms with E-state index in [-0.39, 0.29) is 5.92 Å². The number of hydrogen-bond acceptors (Lipinski definition) is 3. The monoisotopic (exact) mass is 279 g/mol.